The van der Waals surface area contributed by atoms with Crippen molar-refractivity contribution < 1.29 is 19.0 Å². The topological polar surface area (TPSA) is 77.2 Å². The van der Waals surface area contributed by atoms with Crippen LogP contribution in [0.25, 0.3) is 11.0 Å². The second-order valence-corrected chi connectivity index (χ2v) is 4.39. The van der Waals surface area contributed by atoms with E-state index in [0.29, 0.717) is 5.52 Å². The summed E-state index contributed by atoms with van der Waals surface area (Å²) in [7, 11) is 1.82. The molecule has 7 heteroatoms. The summed E-state index contributed by atoms with van der Waals surface area (Å²) in [5, 5.41) is 9.10. The van der Waals surface area contributed by atoms with E-state index in [1.165, 1.54) is 12.3 Å². The predicted molar refractivity (Wildman–Crippen MR) is 71.9 cm³/mol. The molecule has 2 heterocycles. The molecule has 0 atom stereocenters. The molecule has 3 rings (SSSR count). The zero-order valence-electron chi connectivity index (χ0n) is 10.9. The van der Waals surface area contributed by atoms with E-state index in [1.54, 1.807) is 17.0 Å². The van der Waals surface area contributed by atoms with Gasteiger partial charge in [0.05, 0.1) is 11.8 Å². The number of pyridine rings is 1. The van der Waals surface area contributed by atoms with E-state index in [-0.39, 0.29) is 17.2 Å². The number of hydrogen-bond acceptors (Lipinski definition) is 4. The minimum atomic E-state index is -1.28. The molecular weight excluding hydrogens is 277 g/mol. The summed E-state index contributed by atoms with van der Waals surface area (Å²) >= 11 is 0. The van der Waals surface area contributed by atoms with Gasteiger partial charge in [-0.1, -0.05) is 0 Å². The summed E-state index contributed by atoms with van der Waals surface area (Å²) in [5.74, 6) is -1.75. The summed E-state index contributed by atoms with van der Waals surface area (Å²) in [6, 6.07) is 5.04. The predicted octanol–water partition coefficient (Wildman–Crippen LogP) is 2.60. The highest BCUT2D eigenvalue weighted by molar-refractivity contribution is 5.91. The minimum absolute atomic E-state index is 0.00885. The number of rotatable bonds is 3. The molecule has 2 aromatic heterocycles. The fourth-order valence-corrected chi connectivity index (χ4v) is 1.97. The maximum atomic E-state index is 13.2. The van der Waals surface area contributed by atoms with Gasteiger partial charge in [-0.2, -0.15) is 0 Å². The Morgan fingerprint density at radius 2 is 2.14 bits per heavy atom. The Bertz CT molecular complexity index is 845. The smallest absolute Gasteiger partial charge is 0.339 e. The summed E-state index contributed by atoms with van der Waals surface area (Å²) in [6.07, 6.45) is 3.13. The Morgan fingerprint density at radius 3 is 2.90 bits per heavy atom. The molecule has 1 aromatic carbocycles. The minimum Gasteiger partial charge on any atom is -0.478 e. The van der Waals surface area contributed by atoms with Crippen LogP contribution in [-0.4, -0.2) is 25.6 Å². The SMILES string of the molecule is Cn1cnc2c(Oc3ccc(F)cc3C(=O)O)nccc21. The van der Waals surface area contributed by atoms with Crippen LogP contribution in [0.4, 0.5) is 4.39 Å². The van der Waals surface area contributed by atoms with E-state index < -0.39 is 11.8 Å². The number of benzene rings is 1. The standard InChI is InChI=1S/C14H10FN3O3/c1-18-7-17-12-10(18)4-5-16-13(12)21-11-3-2-8(15)6-9(11)14(19)20/h2-7H,1H3,(H,19,20). The van der Waals surface area contributed by atoms with Gasteiger partial charge in [0, 0.05) is 13.2 Å². The van der Waals surface area contributed by atoms with Crippen molar-refractivity contribution in [1.29, 1.82) is 0 Å². The molecule has 0 spiro atoms. The molecule has 106 valence electrons. The summed E-state index contributed by atoms with van der Waals surface area (Å²) in [6.45, 7) is 0. The molecule has 0 bridgehead atoms. The molecule has 0 radical (unpaired) electrons. The van der Waals surface area contributed by atoms with E-state index in [4.69, 9.17) is 9.84 Å². The largest absolute Gasteiger partial charge is 0.478 e. The Hall–Kier alpha value is -2.96. The lowest BCUT2D eigenvalue weighted by atomic mass is 10.2. The third-order valence-electron chi connectivity index (χ3n) is 2.99. The van der Waals surface area contributed by atoms with Gasteiger partial charge in [0.1, 0.15) is 17.1 Å². The highest BCUT2D eigenvalue weighted by Gasteiger charge is 2.16. The molecule has 21 heavy (non-hydrogen) atoms. The number of imidazole rings is 1. The average molecular weight is 287 g/mol. The van der Waals surface area contributed by atoms with Gasteiger partial charge in [0.15, 0.2) is 5.52 Å². The van der Waals surface area contributed by atoms with Crippen molar-refractivity contribution in [3.63, 3.8) is 0 Å². The van der Waals surface area contributed by atoms with Crippen molar-refractivity contribution in [3.05, 3.63) is 48.2 Å². The first kappa shape index (κ1) is 13.0. The number of carbonyl (C=O) groups is 1. The van der Waals surface area contributed by atoms with E-state index in [0.717, 1.165) is 17.6 Å². The molecule has 0 fully saturated rings. The van der Waals surface area contributed by atoms with E-state index in [9.17, 15) is 9.18 Å². The van der Waals surface area contributed by atoms with Crippen molar-refractivity contribution in [2.75, 3.05) is 0 Å². The van der Waals surface area contributed by atoms with Crippen molar-refractivity contribution in [2.45, 2.75) is 0 Å². The Labute approximate surface area is 118 Å². The number of fused-ring (bicyclic) bond motifs is 1. The number of aromatic nitrogens is 3. The fraction of sp³-hybridized carbons (Fsp3) is 0.0714. The van der Waals surface area contributed by atoms with Crippen molar-refractivity contribution in [3.8, 4) is 11.6 Å². The molecule has 0 unspecified atom stereocenters. The monoisotopic (exact) mass is 287 g/mol. The highest BCUT2D eigenvalue weighted by Crippen LogP contribution is 2.29. The normalized spacial score (nSPS) is 10.8. The number of halogens is 1. The second kappa shape index (κ2) is 4.86. The van der Waals surface area contributed by atoms with Gasteiger partial charge in [-0.05, 0) is 24.3 Å². The van der Waals surface area contributed by atoms with Crippen LogP contribution in [0.2, 0.25) is 0 Å². The average Bonchev–Trinajstić information content (AvgIpc) is 2.83. The zero-order chi connectivity index (χ0) is 15.0. The number of aromatic carboxylic acids is 1. The molecule has 0 amide bonds. The molecule has 0 aliphatic carbocycles. The third-order valence-corrected chi connectivity index (χ3v) is 2.99. The molecule has 6 nitrogen and oxygen atoms in total. The van der Waals surface area contributed by atoms with Crippen molar-refractivity contribution in [2.24, 2.45) is 7.05 Å². The molecule has 0 aliphatic heterocycles. The third kappa shape index (κ3) is 2.29. The summed E-state index contributed by atoms with van der Waals surface area (Å²) in [4.78, 5) is 19.4. The van der Waals surface area contributed by atoms with Gasteiger partial charge in [0.25, 0.3) is 0 Å². The molecular formula is C14H10FN3O3. The van der Waals surface area contributed by atoms with E-state index in [1.807, 2.05) is 7.05 Å². The first-order valence-electron chi connectivity index (χ1n) is 6.03. The first-order chi connectivity index (χ1) is 10.1. The molecule has 3 aromatic rings. The molecule has 0 saturated heterocycles. The van der Waals surface area contributed by atoms with Crippen molar-refractivity contribution in [1.82, 2.24) is 14.5 Å². The first-order valence-corrected chi connectivity index (χ1v) is 6.03. The second-order valence-electron chi connectivity index (χ2n) is 4.39. The van der Waals surface area contributed by atoms with Crippen LogP contribution in [0.3, 0.4) is 0 Å². The number of carboxylic acids is 1. The van der Waals surface area contributed by atoms with E-state index in [2.05, 4.69) is 9.97 Å². The van der Waals surface area contributed by atoms with Gasteiger partial charge in [-0.25, -0.2) is 19.2 Å². The van der Waals surface area contributed by atoms with Crippen LogP contribution in [0.5, 0.6) is 11.6 Å². The number of aryl methyl sites for hydroxylation is 1. The van der Waals surface area contributed by atoms with Crippen molar-refractivity contribution >= 4 is 17.0 Å². The number of hydrogen-bond donors (Lipinski definition) is 1. The maximum absolute atomic E-state index is 13.2. The number of carboxylic acid groups (broad SMARTS) is 1. The maximum Gasteiger partial charge on any atom is 0.339 e. The Kier molecular flexibility index (Phi) is 3.02. The highest BCUT2D eigenvalue weighted by atomic mass is 19.1. The van der Waals surface area contributed by atoms with Gasteiger partial charge < -0.3 is 14.4 Å². The Balaban J connectivity index is 2.09. The summed E-state index contributed by atoms with van der Waals surface area (Å²) in [5.41, 5.74) is 1.02. The van der Waals surface area contributed by atoms with Crippen LogP contribution in [-0.2, 0) is 7.05 Å². The lowest BCUT2D eigenvalue weighted by molar-refractivity contribution is 0.0693. The summed E-state index contributed by atoms with van der Waals surface area (Å²) < 4.78 is 20.5. The molecule has 0 saturated carbocycles. The lowest BCUT2D eigenvalue weighted by Gasteiger charge is -2.08. The van der Waals surface area contributed by atoms with Gasteiger partial charge >= 0.3 is 5.97 Å². The van der Waals surface area contributed by atoms with Crippen LogP contribution >= 0.6 is 0 Å². The Morgan fingerprint density at radius 1 is 1.33 bits per heavy atom. The van der Waals surface area contributed by atoms with Gasteiger partial charge in [-0.3, -0.25) is 0 Å². The lowest BCUT2D eigenvalue weighted by Crippen LogP contribution is -2.01. The zero-order valence-corrected chi connectivity index (χ0v) is 10.9. The van der Waals surface area contributed by atoms with Crippen LogP contribution in [0.1, 0.15) is 10.4 Å². The number of ether oxygens (including phenoxy) is 1. The molecule has 1 N–H and O–H groups in total. The van der Waals surface area contributed by atoms with Gasteiger partial charge in [-0.15, -0.1) is 0 Å². The van der Waals surface area contributed by atoms with Crippen LogP contribution in [0.15, 0.2) is 36.8 Å². The van der Waals surface area contributed by atoms with Crippen LogP contribution in [0, 0.1) is 5.82 Å². The van der Waals surface area contributed by atoms with Crippen LogP contribution < -0.4 is 4.74 Å². The fourth-order valence-electron chi connectivity index (χ4n) is 1.97. The van der Waals surface area contributed by atoms with E-state index >= 15 is 0 Å². The molecule has 0 aliphatic rings. The van der Waals surface area contributed by atoms with Gasteiger partial charge in [0.2, 0.25) is 5.88 Å². The number of nitrogens with zero attached hydrogens (tertiary/aromatic N) is 3. The quantitative estimate of drug-likeness (QED) is 0.801.